The van der Waals surface area contributed by atoms with Crippen LogP contribution in [0.3, 0.4) is 0 Å². The first kappa shape index (κ1) is 36.0. The molecule has 2 rings (SSSR count). The standard InChI is InChI=1S/C16H48Si8.2C6H5.Sn/c1-19(2,3)17(20(4,5)6)23(13,14)24(15,16)18(21(7,8)9)22(10,11)12;2*1-2-4-6-5-3-1;/h1-16H3;2*1-5H;. The fraction of sp³-hybridized carbons (Fsp3) is 0.571. The van der Waals surface area contributed by atoms with Crippen molar-refractivity contribution in [3.05, 3.63) is 60.7 Å². The number of hydrogen-bond acceptors (Lipinski definition) is 0. The molecule has 2 aromatic rings. The second-order valence-corrected chi connectivity index (χ2v) is 99.9. The van der Waals surface area contributed by atoms with Crippen molar-refractivity contribution in [3.8, 4) is 0 Å². The van der Waals surface area contributed by atoms with Crippen LogP contribution in [-0.2, 0) is 0 Å². The second kappa shape index (κ2) is 13.3. The molecule has 0 aliphatic rings. The quantitative estimate of drug-likeness (QED) is 0.232. The number of rotatable bonds is 9. The van der Waals surface area contributed by atoms with Gasteiger partial charge in [-0.05, 0) is 0 Å². The van der Waals surface area contributed by atoms with Gasteiger partial charge in [-0.25, -0.2) is 0 Å². The molecule has 2 aromatic carbocycles. The fourth-order valence-electron chi connectivity index (χ4n) is 7.83. The van der Waals surface area contributed by atoms with Crippen LogP contribution in [0.1, 0.15) is 0 Å². The summed E-state index contributed by atoms with van der Waals surface area (Å²) in [4.78, 5) is 0. The molecule has 0 bridgehead atoms. The molecule has 0 aliphatic carbocycles. The summed E-state index contributed by atoms with van der Waals surface area (Å²) in [6.07, 6.45) is 0. The minimum atomic E-state index is -1.13. The van der Waals surface area contributed by atoms with Gasteiger partial charge in [0, 0.05) is 59.3 Å². The molecular weight excluding hydrogens is 680 g/mol. The summed E-state index contributed by atoms with van der Waals surface area (Å²) in [7, 11) is -6.61. The van der Waals surface area contributed by atoms with Gasteiger partial charge in [0.15, 0.2) is 0 Å². The number of hydrogen-bond donors (Lipinski definition) is 0. The summed E-state index contributed by atoms with van der Waals surface area (Å²) in [5.74, 6) is 0. The van der Waals surface area contributed by atoms with E-state index < -0.39 is 65.7 Å². The van der Waals surface area contributed by atoms with Crippen molar-refractivity contribution in [2.24, 2.45) is 0 Å². The molecule has 0 saturated carbocycles. The first-order chi connectivity index (χ1) is 16.4. The van der Waals surface area contributed by atoms with Gasteiger partial charge in [0.1, 0.15) is 0 Å². The maximum absolute atomic E-state index is 2.93. The van der Waals surface area contributed by atoms with E-state index in [0.29, 0.717) is 0 Å². The van der Waals surface area contributed by atoms with Gasteiger partial charge in [-0.2, -0.15) is 0 Å². The fourth-order valence-corrected chi connectivity index (χ4v) is 278. The summed E-state index contributed by atoms with van der Waals surface area (Å²) in [5, 5.41) is 0. The average molecular weight is 738 g/mol. The molecule has 0 spiro atoms. The molecule has 0 nitrogen and oxygen atoms in total. The van der Waals surface area contributed by atoms with Crippen LogP contribution in [0.5, 0.6) is 0 Å². The van der Waals surface area contributed by atoms with Crippen LogP contribution in [0.25, 0.3) is 0 Å². The van der Waals surface area contributed by atoms with Gasteiger partial charge in [0.2, 0.25) is 0 Å². The molecule has 0 atom stereocenters. The average Bonchev–Trinajstić information content (AvgIpc) is 2.64. The van der Waals surface area contributed by atoms with E-state index in [1.807, 2.05) is 0 Å². The van der Waals surface area contributed by atoms with Crippen LogP contribution in [0.4, 0.5) is 0 Å². The molecule has 0 aliphatic heterocycles. The third kappa shape index (κ3) is 10.4. The van der Waals surface area contributed by atoms with Crippen molar-refractivity contribution in [1.29, 1.82) is 0 Å². The Morgan fingerprint density at radius 3 is 0.784 bits per heavy atom. The summed E-state index contributed by atoms with van der Waals surface area (Å²) in [6, 6.07) is 21.6. The second-order valence-electron chi connectivity index (χ2n) is 15.9. The Labute approximate surface area is 250 Å². The molecule has 0 amide bonds. The molecule has 0 N–H and O–H groups in total. The van der Waals surface area contributed by atoms with Gasteiger partial charge >= 0.3 is 89.0 Å². The third-order valence-corrected chi connectivity index (χ3v) is 161. The van der Waals surface area contributed by atoms with Crippen LogP contribution in [-0.4, -0.2) is 80.4 Å². The molecule has 0 heterocycles. The minimum absolute atomic E-state index is 0.124. The van der Waals surface area contributed by atoms with Crippen molar-refractivity contribution in [1.82, 2.24) is 0 Å². The summed E-state index contributed by atoms with van der Waals surface area (Å²) >= 11 is -0.517. The van der Waals surface area contributed by atoms with Gasteiger partial charge in [0.25, 0.3) is 0 Å². The van der Waals surface area contributed by atoms with Crippen LogP contribution < -0.4 is 7.16 Å². The summed E-state index contributed by atoms with van der Waals surface area (Å²) < 4.78 is 3.08. The first-order valence-corrected chi connectivity index (χ1v) is 46.9. The Hall–Kier alpha value is 0.974. The molecule has 4 radical (unpaired) electrons. The molecular formula is C28H58Si8Sn. The molecule has 0 aromatic heterocycles. The predicted octanol–water partition coefficient (Wildman–Crippen LogP) is 7.64. The Kier molecular flexibility index (Phi) is 12.9. The molecule has 9 heteroatoms. The van der Waals surface area contributed by atoms with Crippen LogP contribution in [0.2, 0.25) is 105 Å². The summed E-state index contributed by atoms with van der Waals surface area (Å²) in [6.45, 7) is 44.6. The van der Waals surface area contributed by atoms with Gasteiger partial charge < -0.3 is 0 Å². The van der Waals surface area contributed by atoms with E-state index in [-0.39, 0.29) is 14.7 Å². The maximum atomic E-state index is 2.93. The molecule has 0 unspecified atom stereocenters. The topological polar surface area (TPSA) is 0 Å². The van der Waals surface area contributed by atoms with Crippen molar-refractivity contribution in [2.45, 2.75) is 105 Å². The van der Waals surface area contributed by atoms with E-state index in [9.17, 15) is 0 Å². The molecule has 37 heavy (non-hydrogen) atoms. The van der Waals surface area contributed by atoms with E-state index >= 15 is 0 Å². The number of benzene rings is 2. The van der Waals surface area contributed by atoms with Crippen LogP contribution in [0, 0.1) is 0 Å². The van der Waals surface area contributed by atoms with Gasteiger partial charge in [0.05, 0.1) is 0 Å². The van der Waals surface area contributed by atoms with Gasteiger partial charge in [-0.1, -0.05) is 105 Å². The van der Waals surface area contributed by atoms with E-state index in [1.54, 1.807) is 0 Å². The monoisotopic (exact) mass is 738 g/mol. The van der Waals surface area contributed by atoms with Gasteiger partial charge in [-0.3, -0.25) is 0 Å². The predicted molar refractivity (Wildman–Crippen MR) is 198 cm³/mol. The molecule has 206 valence electrons. The normalized spacial score (nSPS) is 14.0. The summed E-state index contributed by atoms with van der Waals surface area (Å²) in [5.41, 5.74) is 0. The van der Waals surface area contributed by atoms with E-state index in [1.165, 1.54) is 7.16 Å². The Bertz CT molecular complexity index is 843. The van der Waals surface area contributed by atoms with E-state index in [0.717, 1.165) is 0 Å². The Balaban J connectivity index is 0.000000435. The van der Waals surface area contributed by atoms with E-state index in [4.69, 9.17) is 0 Å². The van der Waals surface area contributed by atoms with Crippen LogP contribution >= 0.6 is 0 Å². The Morgan fingerprint density at radius 1 is 0.378 bits per heavy atom. The van der Waals surface area contributed by atoms with Crippen molar-refractivity contribution >= 4 is 87.6 Å². The zero-order valence-corrected chi connectivity index (χ0v) is 38.1. The Morgan fingerprint density at radius 2 is 0.595 bits per heavy atom. The zero-order valence-electron chi connectivity index (χ0n) is 27.3. The van der Waals surface area contributed by atoms with Crippen LogP contribution in [0.15, 0.2) is 60.7 Å². The molecule has 0 saturated heterocycles. The SMILES string of the molecule is C[Si](C)(C)[Si]([Si](C)(C)C)[Si](C)(C)[Si](C)(C)[Si]([Si](C)(C)C)[Si](C)(C)C.c1cc[c]([Sn][c]2ccccc2)cc1. The van der Waals surface area contributed by atoms with Gasteiger partial charge in [-0.15, -0.1) is 0 Å². The van der Waals surface area contributed by atoms with E-state index in [2.05, 4.69) is 165 Å². The van der Waals surface area contributed by atoms with Crippen molar-refractivity contribution in [2.75, 3.05) is 0 Å². The third-order valence-electron chi connectivity index (χ3n) is 7.65. The molecule has 0 fully saturated rings. The first-order valence-electron chi connectivity index (χ1n) is 14.1. The van der Waals surface area contributed by atoms with Crippen molar-refractivity contribution < 1.29 is 0 Å². The van der Waals surface area contributed by atoms with Crippen molar-refractivity contribution in [3.63, 3.8) is 0 Å². The zero-order chi connectivity index (χ0) is 29.1.